The third-order valence-electron chi connectivity index (χ3n) is 10.9. The Morgan fingerprint density at radius 1 is 0.516 bits per heavy atom. The average molecular weight is 860 g/mol. The van der Waals surface area contributed by atoms with Crippen molar-refractivity contribution in [1.82, 2.24) is 4.57 Å². The van der Waals surface area contributed by atoms with Gasteiger partial charge in [0.2, 0.25) is 0 Å². The second-order valence-electron chi connectivity index (χ2n) is 17.7. The van der Waals surface area contributed by atoms with Crippen LogP contribution in [0.4, 0.5) is 13.2 Å². The number of rotatable bonds is 8. The van der Waals surface area contributed by atoms with Crippen molar-refractivity contribution in [3.8, 4) is 17.2 Å². The van der Waals surface area contributed by atoms with Crippen molar-refractivity contribution in [2.24, 2.45) is 18.9 Å². The first-order valence-electron chi connectivity index (χ1n) is 22.4. The third kappa shape index (κ3) is 21.4. The summed E-state index contributed by atoms with van der Waals surface area (Å²) in [6.07, 6.45) is 11.7. The molecule has 0 spiro atoms. The van der Waals surface area contributed by atoms with Crippen LogP contribution >= 0.6 is 0 Å². The lowest BCUT2D eigenvalue weighted by Gasteiger charge is -2.24. The van der Waals surface area contributed by atoms with Gasteiger partial charge in [-0.15, -0.1) is 0 Å². The highest BCUT2D eigenvalue weighted by molar-refractivity contribution is 5.42. The number of benzene rings is 4. The molecule has 0 unspecified atom stereocenters. The van der Waals surface area contributed by atoms with Gasteiger partial charge in [-0.3, -0.25) is 0 Å². The zero-order valence-corrected chi connectivity index (χ0v) is 41.0. The summed E-state index contributed by atoms with van der Waals surface area (Å²) in [6.45, 7) is 25.6. The van der Waals surface area contributed by atoms with Crippen molar-refractivity contribution >= 4 is 0 Å². The molecule has 0 N–H and O–H groups in total. The Kier molecular flexibility index (Phi) is 26.4. The van der Waals surface area contributed by atoms with Crippen LogP contribution in [-0.4, -0.2) is 25.9 Å². The van der Waals surface area contributed by atoms with Crippen LogP contribution < -0.4 is 14.2 Å². The van der Waals surface area contributed by atoms with Crippen molar-refractivity contribution in [3.63, 3.8) is 0 Å². The number of aryl methyl sites for hydroxylation is 3. The number of methoxy groups -OCH3 is 3. The van der Waals surface area contributed by atoms with Crippen LogP contribution in [0.1, 0.15) is 158 Å². The van der Waals surface area contributed by atoms with E-state index in [1.165, 1.54) is 59.9 Å². The number of aromatic nitrogens is 1. The maximum absolute atomic E-state index is 12.6. The highest BCUT2D eigenvalue weighted by Crippen LogP contribution is 2.30. The summed E-state index contributed by atoms with van der Waals surface area (Å²) in [4.78, 5) is 0. The van der Waals surface area contributed by atoms with E-state index in [-0.39, 0.29) is 5.92 Å². The zero-order valence-electron chi connectivity index (χ0n) is 41.0. The molecule has 1 aliphatic rings. The topological polar surface area (TPSA) is 32.6 Å². The van der Waals surface area contributed by atoms with Crippen molar-refractivity contribution < 1.29 is 27.4 Å². The predicted molar refractivity (Wildman–Crippen MR) is 258 cm³/mol. The van der Waals surface area contributed by atoms with E-state index < -0.39 is 17.5 Å². The minimum atomic E-state index is -1.40. The van der Waals surface area contributed by atoms with Crippen LogP contribution in [0.15, 0.2) is 97.3 Å². The van der Waals surface area contributed by atoms with Crippen molar-refractivity contribution in [1.29, 1.82) is 0 Å². The van der Waals surface area contributed by atoms with Crippen LogP contribution in [0, 0.1) is 43.1 Å². The van der Waals surface area contributed by atoms with Gasteiger partial charge in [0.15, 0.2) is 17.5 Å². The fourth-order valence-electron chi connectivity index (χ4n) is 6.50. The van der Waals surface area contributed by atoms with Crippen LogP contribution in [0.5, 0.6) is 17.2 Å². The molecular formula is C55H80F3NO3. The molecule has 1 heterocycles. The molecule has 6 rings (SSSR count). The quantitative estimate of drug-likeness (QED) is 0.146. The van der Waals surface area contributed by atoms with Crippen molar-refractivity contribution in [2.45, 2.75) is 139 Å². The Balaban J connectivity index is 0.000000374. The van der Waals surface area contributed by atoms with E-state index in [0.29, 0.717) is 23.3 Å². The van der Waals surface area contributed by atoms with E-state index in [2.05, 4.69) is 117 Å². The second-order valence-corrected chi connectivity index (χ2v) is 17.7. The van der Waals surface area contributed by atoms with Gasteiger partial charge in [-0.05, 0) is 108 Å². The van der Waals surface area contributed by atoms with E-state index in [4.69, 9.17) is 14.2 Å². The Labute approximate surface area is 375 Å². The number of hydrogen-bond acceptors (Lipinski definition) is 3. The Morgan fingerprint density at radius 3 is 1.34 bits per heavy atom. The fourth-order valence-corrected chi connectivity index (χ4v) is 6.50. The monoisotopic (exact) mass is 860 g/mol. The molecule has 5 aromatic rings. The van der Waals surface area contributed by atoms with Crippen LogP contribution in [-0.2, 0) is 7.05 Å². The first-order valence-corrected chi connectivity index (χ1v) is 22.4. The Morgan fingerprint density at radius 2 is 0.984 bits per heavy atom. The minimum Gasteiger partial charge on any atom is -0.497 e. The molecule has 7 heteroatoms. The average Bonchev–Trinajstić information content (AvgIpc) is 3.70. The Bertz CT molecular complexity index is 1900. The van der Waals surface area contributed by atoms with Gasteiger partial charge in [0.25, 0.3) is 0 Å². The fraction of sp³-hybridized carbons (Fsp3) is 0.491. The van der Waals surface area contributed by atoms with Gasteiger partial charge >= 0.3 is 0 Å². The van der Waals surface area contributed by atoms with Crippen molar-refractivity contribution in [2.75, 3.05) is 21.3 Å². The third-order valence-corrected chi connectivity index (χ3v) is 10.9. The van der Waals surface area contributed by atoms with Gasteiger partial charge in [-0.2, -0.15) is 0 Å². The van der Waals surface area contributed by atoms with E-state index in [1.54, 1.807) is 35.2 Å². The van der Waals surface area contributed by atoms with E-state index in [9.17, 15) is 13.2 Å². The van der Waals surface area contributed by atoms with Crippen LogP contribution in [0.2, 0.25) is 0 Å². The largest absolute Gasteiger partial charge is 0.497 e. The SMILES string of the molecule is CC(C)C1CCCCC1.CC(C)c1cc(F)c(F)c(F)c1.CC(C)c1ccn(C)c1.COc1ccc(C(C)C)c(OC)c1.COc1ccc(C)cc1.Cc1ccc(C(C)C)cc1. The molecule has 1 saturated carbocycles. The number of hydrogen-bond donors (Lipinski definition) is 0. The normalized spacial score (nSPS) is 12.1. The summed E-state index contributed by atoms with van der Waals surface area (Å²) < 4.78 is 55.0. The zero-order chi connectivity index (χ0) is 46.9. The number of nitrogens with zero attached hydrogens (tertiary/aromatic N) is 1. The van der Waals surface area contributed by atoms with Crippen LogP contribution in [0.25, 0.3) is 0 Å². The summed E-state index contributed by atoms with van der Waals surface area (Å²) in [5, 5.41) is 0. The highest BCUT2D eigenvalue weighted by Gasteiger charge is 2.16. The lowest BCUT2D eigenvalue weighted by atomic mass is 9.82. The smallest absolute Gasteiger partial charge is 0.194 e. The lowest BCUT2D eigenvalue weighted by molar-refractivity contribution is 0.279. The van der Waals surface area contributed by atoms with Gasteiger partial charge in [-0.25, -0.2) is 13.2 Å². The van der Waals surface area contributed by atoms with Gasteiger partial charge in [0.1, 0.15) is 17.2 Å². The van der Waals surface area contributed by atoms with Gasteiger partial charge in [-0.1, -0.05) is 155 Å². The first-order chi connectivity index (χ1) is 29.2. The molecule has 4 nitrogen and oxygen atoms in total. The molecule has 0 radical (unpaired) electrons. The molecule has 1 fully saturated rings. The first kappa shape index (κ1) is 55.4. The van der Waals surface area contributed by atoms with Gasteiger partial charge < -0.3 is 18.8 Å². The molecule has 4 aromatic carbocycles. The molecule has 0 bridgehead atoms. The predicted octanol–water partition coefficient (Wildman–Crippen LogP) is 16.5. The summed E-state index contributed by atoms with van der Waals surface area (Å²) in [5.41, 5.74) is 7.11. The lowest BCUT2D eigenvalue weighted by Crippen LogP contribution is -2.12. The summed E-state index contributed by atoms with van der Waals surface area (Å²) in [6, 6.07) is 26.8. The molecule has 0 aliphatic heterocycles. The van der Waals surface area contributed by atoms with Gasteiger partial charge in [0.05, 0.1) is 21.3 Å². The summed E-state index contributed by atoms with van der Waals surface area (Å²) >= 11 is 0. The van der Waals surface area contributed by atoms with Gasteiger partial charge in [0, 0.05) is 25.5 Å². The molecule has 0 saturated heterocycles. The Hall–Kier alpha value is -4.65. The highest BCUT2D eigenvalue weighted by atomic mass is 19.2. The van der Waals surface area contributed by atoms with E-state index in [0.717, 1.165) is 41.2 Å². The van der Waals surface area contributed by atoms with E-state index in [1.807, 2.05) is 49.5 Å². The van der Waals surface area contributed by atoms with Crippen molar-refractivity contribution in [3.05, 3.63) is 148 Å². The maximum Gasteiger partial charge on any atom is 0.194 e. The summed E-state index contributed by atoms with van der Waals surface area (Å²) in [5.74, 6) is 2.76. The molecule has 1 aliphatic carbocycles. The second kappa shape index (κ2) is 29.6. The maximum atomic E-state index is 12.6. The molecule has 0 atom stereocenters. The van der Waals surface area contributed by atoms with Crippen LogP contribution in [0.3, 0.4) is 0 Å². The molecule has 344 valence electrons. The molecule has 0 amide bonds. The summed E-state index contributed by atoms with van der Waals surface area (Å²) in [7, 11) is 7.06. The van der Waals surface area contributed by atoms with E-state index >= 15 is 0 Å². The minimum absolute atomic E-state index is 0.00500. The standard InChI is InChI=1S/C11H16O2.C10H14.C9H9F3.C9H18.C8H13N.C8H10O/c1-8(2)10-6-5-9(12-3)7-11(10)13-4;1-8(2)10-6-4-9(3)5-7-10;1-5(2)6-3-7(10)9(12)8(11)4-6;1-8(2)9-6-4-3-5-7-9;1-7(2)8-4-5-9(3)6-8;1-7-3-5-8(9-2)6-4-7/h5-8H,1-4H3;4-8H,1-3H3;3-5H,1-2H3;8-9H,3-7H2,1-2H3;4-7H,1-3H3;3-6H,1-2H3. The number of halogens is 3. The molecular weight excluding hydrogens is 780 g/mol. The molecule has 62 heavy (non-hydrogen) atoms. The molecule has 1 aromatic heterocycles. The number of ether oxygens (including phenoxy) is 3.